The summed E-state index contributed by atoms with van der Waals surface area (Å²) in [5.41, 5.74) is 7.96. The second-order valence-corrected chi connectivity index (χ2v) is 3.95. The van der Waals surface area contributed by atoms with E-state index in [1.165, 1.54) is 12.7 Å². The van der Waals surface area contributed by atoms with Crippen molar-refractivity contribution in [2.45, 2.75) is 25.9 Å². The quantitative estimate of drug-likeness (QED) is 0.769. The molecule has 0 fully saturated rings. The highest BCUT2D eigenvalue weighted by atomic mass is 16.5. The van der Waals surface area contributed by atoms with Crippen molar-refractivity contribution in [2.75, 3.05) is 13.7 Å². The fourth-order valence-electron chi connectivity index (χ4n) is 1.47. The fraction of sp³-hybridized carbons (Fsp3) is 0.462. The fourth-order valence-corrected chi connectivity index (χ4v) is 1.47. The van der Waals surface area contributed by atoms with Crippen LogP contribution in [-0.4, -0.2) is 25.7 Å². The maximum Gasteiger partial charge on any atom is 0.239 e. The van der Waals surface area contributed by atoms with Crippen LogP contribution < -0.4 is 11.1 Å². The number of ether oxygens (including phenoxy) is 1. The van der Waals surface area contributed by atoms with Crippen molar-refractivity contribution in [3.8, 4) is 0 Å². The third-order valence-electron chi connectivity index (χ3n) is 2.58. The van der Waals surface area contributed by atoms with Gasteiger partial charge < -0.3 is 15.8 Å². The highest BCUT2D eigenvalue weighted by molar-refractivity contribution is 5.81. The first kappa shape index (κ1) is 13.7. The molecule has 0 radical (unpaired) electrons. The van der Waals surface area contributed by atoms with E-state index in [0.717, 1.165) is 12.0 Å². The number of nitrogens with one attached hydrogen (secondary N) is 1. The molecule has 0 saturated heterocycles. The van der Waals surface area contributed by atoms with Crippen molar-refractivity contribution in [3.05, 3.63) is 35.4 Å². The summed E-state index contributed by atoms with van der Waals surface area (Å²) in [5.74, 6) is -0.189. The van der Waals surface area contributed by atoms with Crippen LogP contribution >= 0.6 is 0 Å². The van der Waals surface area contributed by atoms with Crippen LogP contribution in [0.2, 0.25) is 0 Å². The number of carbonyl (C=O) groups excluding carboxylic acids is 1. The van der Waals surface area contributed by atoms with Crippen molar-refractivity contribution >= 4 is 5.91 Å². The summed E-state index contributed by atoms with van der Waals surface area (Å²) in [4.78, 5) is 11.5. The van der Waals surface area contributed by atoms with Crippen LogP contribution in [0.1, 0.15) is 18.1 Å². The maximum atomic E-state index is 11.5. The topological polar surface area (TPSA) is 64.4 Å². The molecule has 94 valence electrons. The minimum absolute atomic E-state index is 0.189. The smallest absolute Gasteiger partial charge is 0.239 e. The van der Waals surface area contributed by atoms with Crippen molar-refractivity contribution in [2.24, 2.45) is 5.73 Å². The number of carbonyl (C=O) groups is 1. The number of rotatable bonds is 6. The summed E-state index contributed by atoms with van der Waals surface area (Å²) < 4.78 is 4.82. The van der Waals surface area contributed by atoms with Gasteiger partial charge in [-0.3, -0.25) is 4.79 Å². The number of hydrogen-bond acceptors (Lipinski definition) is 3. The van der Waals surface area contributed by atoms with Crippen LogP contribution in [0, 0.1) is 0 Å². The standard InChI is InChI=1S/C13H20N2O2/c1-3-10-4-6-11(7-5-10)8-15-13(16)12(14)9-17-2/h4-7,12H,3,8-9,14H2,1-2H3,(H,15,16). The van der Waals surface area contributed by atoms with Crippen LogP contribution in [0.5, 0.6) is 0 Å². The Hall–Kier alpha value is -1.39. The Morgan fingerprint density at radius 3 is 2.47 bits per heavy atom. The molecule has 0 bridgehead atoms. The summed E-state index contributed by atoms with van der Waals surface area (Å²) in [6.07, 6.45) is 1.02. The van der Waals surface area contributed by atoms with Crippen LogP contribution in [0.3, 0.4) is 0 Å². The molecule has 1 aromatic rings. The predicted octanol–water partition coefficient (Wildman–Crippen LogP) is 0.839. The number of hydrogen-bond donors (Lipinski definition) is 2. The van der Waals surface area contributed by atoms with E-state index in [-0.39, 0.29) is 12.5 Å². The molecule has 3 N–H and O–H groups in total. The molecule has 1 rings (SSSR count). The molecule has 0 heterocycles. The largest absolute Gasteiger partial charge is 0.383 e. The zero-order chi connectivity index (χ0) is 12.7. The SMILES string of the molecule is CCc1ccc(CNC(=O)C(N)COC)cc1. The highest BCUT2D eigenvalue weighted by Gasteiger charge is 2.11. The van der Waals surface area contributed by atoms with E-state index in [0.29, 0.717) is 6.54 Å². The van der Waals surface area contributed by atoms with Gasteiger partial charge in [0.1, 0.15) is 6.04 Å². The van der Waals surface area contributed by atoms with Gasteiger partial charge in [-0.05, 0) is 17.5 Å². The van der Waals surface area contributed by atoms with Crippen molar-refractivity contribution in [1.82, 2.24) is 5.32 Å². The number of aryl methyl sites for hydroxylation is 1. The average Bonchev–Trinajstić information content (AvgIpc) is 2.36. The molecule has 0 aliphatic rings. The van der Waals surface area contributed by atoms with Crippen LogP contribution in [0.4, 0.5) is 0 Å². The zero-order valence-corrected chi connectivity index (χ0v) is 10.4. The minimum atomic E-state index is -0.602. The van der Waals surface area contributed by atoms with E-state index in [4.69, 9.17) is 10.5 Å². The molecule has 0 spiro atoms. The maximum absolute atomic E-state index is 11.5. The lowest BCUT2D eigenvalue weighted by Gasteiger charge is -2.11. The molecule has 0 aliphatic carbocycles. The molecule has 1 amide bonds. The Morgan fingerprint density at radius 2 is 1.94 bits per heavy atom. The molecule has 0 aromatic heterocycles. The van der Waals surface area contributed by atoms with Gasteiger partial charge in [0.25, 0.3) is 0 Å². The number of methoxy groups -OCH3 is 1. The minimum Gasteiger partial charge on any atom is -0.383 e. The van der Waals surface area contributed by atoms with Crippen LogP contribution in [-0.2, 0) is 22.5 Å². The lowest BCUT2D eigenvalue weighted by atomic mass is 10.1. The molecular weight excluding hydrogens is 216 g/mol. The van der Waals surface area contributed by atoms with Crippen LogP contribution in [0.15, 0.2) is 24.3 Å². The van der Waals surface area contributed by atoms with Gasteiger partial charge in [-0.25, -0.2) is 0 Å². The van der Waals surface area contributed by atoms with Gasteiger partial charge in [0.2, 0.25) is 5.91 Å². The number of amides is 1. The molecular formula is C13H20N2O2. The predicted molar refractivity (Wildman–Crippen MR) is 67.5 cm³/mol. The van der Waals surface area contributed by atoms with E-state index in [1.807, 2.05) is 12.1 Å². The van der Waals surface area contributed by atoms with Crippen molar-refractivity contribution in [1.29, 1.82) is 0 Å². The van der Waals surface area contributed by atoms with E-state index < -0.39 is 6.04 Å². The summed E-state index contributed by atoms with van der Waals surface area (Å²) in [7, 11) is 1.52. The van der Waals surface area contributed by atoms with E-state index in [2.05, 4.69) is 24.4 Å². The Kier molecular flexibility index (Phi) is 5.66. The van der Waals surface area contributed by atoms with Crippen molar-refractivity contribution in [3.63, 3.8) is 0 Å². The first-order valence-electron chi connectivity index (χ1n) is 5.77. The van der Waals surface area contributed by atoms with E-state index >= 15 is 0 Å². The second-order valence-electron chi connectivity index (χ2n) is 3.95. The molecule has 1 aromatic carbocycles. The molecule has 0 aliphatic heterocycles. The first-order chi connectivity index (χ1) is 8.17. The van der Waals surface area contributed by atoms with E-state index in [9.17, 15) is 4.79 Å². The second kappa shape index (κ2) is 7.04. The molecule has 4 nitrogen and oxygen atoms in total. The van der Waals surface area contributed by atoms with Gasteiger partial charge in [0, 0.05) is 13.7 Å². The van der Waals surface area contributed by atoms with Gasteiger partial charge in [-0.1, -0.05) is 31.2 Å². The lowest BCUT2D eigenvalue weighted by Crippen LogP contribution is -2.43. The molecule has 0 saturated carbocycles. The highest BCUT2D eigenvalue weighted by Crippen LogP contribution is 2.04. The molecule has 1 atom stereocenters. The molecule has 17 heavy (non-hydrogen) atoms. The Morgan fingerprint density at radius 1 is 1.35 bits per heavy atom. The Bertz CT molecular complexity index is 349. The van der Waals surface area contributed by atoms with E-state index in [1.54, 1.807) is 0 Å². The van der Waals surface area contributed by atoms with Crippen molar-refractivity contribution < 1.29 is 9.53 Å². The lowest BCUT2D eigenvalue weighted by molar-refractivity contribution is -0.123. The summed E-state index contributed by atoms with van der Waals surface area (Å²) in [6.45, 7) is 2.85. The normalized spacial score (nSPS) is 12.2. The Labute approximate surface area is 102 Å². The number of nitrogens with two attached hydrogens (primary N) is 1. The third kappa shape index (κ3) is 4.54. The van der Waals surface area contributed by atoms with Gasteiger partial charge in [-0.15, -0.1) is 0 Å². The monoisotopic (exact) mass is 236 g/mol. The number of benzene rings is 1. The average molecular weight is 236 g/mol. The first-order valence-corrected chi connectivity index (χ1v) is 5.77. The summed E-state index contributed by atoms with van der Waals surface area (Å²) in [5, 5.41) is 2.78. The Balaban J connectivity index is 2.41. The summed E-state index contributed by atoms with van der Waals surface area (Å²) >= 11 is 0. The molecule has 1 unspecified atom stereocenters. The van der Waals surface area contributed by atoms with Gasteiger partial charge >= 0.3 is 0 Å². The third-order valence-corrected chi connectivity index (χ3v) is 2.58. The van der Waals surface area contributed by atoms with Gasteiger partial charge in [0.15, 0.2) is 0 Å². The zero-order valence-electron chi connectivity index (χ0n) is 10.4. The molecule has 4 heteroatoms. The van der Waals surface area contributed by atoms with Crippen LogP contribution in [0.25, 0.3) is 0 Å². The van der Waals surface area contributed by atoms with Gasteiger partial charge in [-0.2, -0.15) is 0 Å². The van der Waals surface area contributed by atoms with Gasteiger partial charge in [0.05, 0.1) is 6.61 Å². The summed E-state index contributed by atoms with van der Waals surface area (Å²) in [6, 6.07) is 7.56.